The Morgan fingerprint density at radius 2 is 1.07 bits per heavy atom. The SMILES string of the molecule is CC(C)(C)C.Cc1cccc(C)c1C. The molecule has 80 valence electrons. The molecule has 1 rings (SSSR count). The second kappa shape index (κ2) is 5.19. The predicted octanol–water partition coefficient (Wildman–Crippen LogP) is 4.66. The Morgan fingerprint density at radius 1 is 0.786 bits per heavy atom. The molecule has 0 fully saturated rings. The molecule has 0 atom stereocenters. The van der Waals surface area contributed by atoms with Crippen molar-refractivity contribution in [2.24, 2.45) is 5.41 Å². The van der Waals surface area contributed by atoms with E-state index in [4.69, 9.17) is 0 Å². The first-order valence-electron chi connectivity index (χ1n) is 5.24. The molecular formula is C14H24. The van der Waals surface area contributed by atoms with Gasteiger partial charge < -0.3 is 0 Å². The summed E-state index contributed by atoms with van der Waals surface area (Å²) in [6.07, 6.45) is 0. The predicted molar refractivity (Wildman–Crippen MR) is 65.8 cm³/mol. The lowest BCUT2D eigenvalue weighted by atomic mass is 10.0. The number of benzene rings is 1. The summed E-state index contributed by atoms with van der Waals surface area (Å²) in [6, 6.07) is 6.38. The van der Waals surface area contributed by atoms with Crippen LogP contribution in [0.1, 0.15) is 44.4 Å². The molecule has 1 aromatic carbocycles. The second-order valence-electron chi connectivity index (χ2n) is 5.52. The molecule has 0 nitrogen and oxygen atoms in total. The lowest BCUT2D eigenvalue weighted by Crippen LogP contribution is -1.93. The molecule has 0 radical (unpaired) electrons. The van der Waals surface area contributed by atoms with Crippen molar-refractivity contribution in [3.05, 3.63) is 34.9 Å². The van der Waals surface area contributed by atoms with E-state index in [2.05, 4.69) is 66.7 Å². The van der Waals surface area contributed by atoms with Gasteiger partial charge in [0.2, 0.25) is 0 Å². The van der Waals surface area contributed by atoms with E-state index in [1.807, 2.05) is 0 Å². The molecule has 0 amide bonds. The molecule has 0 aliphatic heterocycles. The first-order chi connectivity index (χ1) is 6.22. The Morgan fingerprint density at radius 3 is 1.29 bits per heavy atom. The molecule has 0 aliphatic carbocycles. The largest absolute Gasteiger partial charge is 0.0617 e. The minimum absolute atomic E-state index is 0.500. The van der Waals surface area contributed by atoms with Crippen molar-refractivity contribution in [2.45, 2.75) is 48.5 Å². The third-order valence-corrected chi connectivity index (χ3v) is 1.88. The number of rotatable bonds is 0. The van der Waals surface area contributed by atoms with E-state index in [0.29, 0.717) is 5.41 Å². The van der Waals surface area contributed by atoms with Crippen molar-refractivity contribution >= 4 is 0 Å². The minimum Gasteiger partial charge on any atom is -0.0617 e. The second-order valence-corrected chi connectivity index (χ2v) is 5.52. The van der Waals surface area contributed by atoms with Gasteiger partial charge in [-0.05, 0) is 42.9 Å². The van der Waals surface area contributed by atoms with Gasteiger partial charge in [0.1, 0.15) is 0 Å². The summed E-state index contributed by atoms with van der Waals surface area (Å²) < 4.78 is 0. The van der Waals surface area contributed by atoms with Gasteiger partial charge in [-0.25, -0.2) is 0 Å². The van der Waals surface area contributed by atoms with Gasteiger partial charge in [-0.3, -0.25) is 0 Å². The summed E-state index contributed by atoms with van der Waals surface area (Å²) in [5, 5.41) is 0. The molecule has 0 unspecified atom stereocenters. The fourth-order valence-electron chi connectivity index (χ4n) is 0.898. The molecule has 0 spiro atoms. The maximum Gasteiger partial charge on any atom is -0.0392 e. The smallest absolute Gasteiger partial charge is 0.0392 e. The van der Waals surface area contributed by atoms with E-state index in [9.17, 15) is 0 Å². The van der Waals surface area contributed by atoms with Crippen LogP contribution < -0.4 is 0 Å². The van der Waals surface area contributed by atoms with E-state index in [1.165, 1.54) is 16.7 Å². The van der Waals surface area contributed by atoms with Gasteiger partial charge in [0.15, 0.2) is 0 Å². The van der Waals surface area contributed by atoms with Crippen LogP contribution in [0.25, 0.3) is 0 Å². The molecule has 0 aliphatic rings. The number of hydrogen-bond donors (Lipinski definition) is 0. The van der Waals surface area contributed by atoms with Crippen LogP contribution in [0.15, 0.2) is 18.2 Å². The van der Waals surface area contributed by atoms with E-state index in [-0.39, 0.29) is 0 Å². The minimum atomic E-state index is 0.500. The summed E-state index contributed by atoms with van der Waals surface area (Å²) in [5.41, 5.74) is 4.68. The van der Waals surface area contributed by atoms with Crippen molar-refractivity contribution < 1.29 is 0 Å². The topological polar surface area (TPSA) is 0 Å². The molecule has 1 aromatic rings. The summed E-state index contributed by atoms with van der Waals surface area (Å²) in [4.78, 5) is 0. The van der Waals surface area contributed by atoms with Crippen LogP contribution in [0.3, 0.4) is 0 Å². The standard InChI is InChI=1S/C9H12.C5H12/c1-7-5-4-6-8(2)9(7)3;1-5(2,3)4/h4-6H,1-3H3;1-4H3. The van der Waals surface area contributed by atoms with Crippen LogP contribution in [0.5, 0.6) is 0 Å². The first-order valence-corrected chi connectivity index (χ1v) is 5.24. The van der Waals surface area contributed by atoms with Gasteiger partial charge in [-0.1, -0.05) is 45.9 Å². The summed E-state index contributed by atoms with van der Waals surface area (Å²) >= 11 is 0. The van der Waals surface area contributed by atoms with E-state index in [1.54, 1.807) is 0 Å². The highest BCUT2D eigenvalue weighted by Crippen LogP contribution is 2.10. The summed E-state index contributed by atoms with van der Waals surface area (Å²) in [6.45, 7) is 15.2. The van der Waals surface area contributed by atoms with Gasteiger partial charge in [-0.15, -0.1) is 0 Å². The van der Waals surface area contributed by atoms with Gasteiger partial charge in [0.05, 0.1) is 0 Å². The number of hydrogen-bond acceptors (Lipinski definition) is 0. The molecule has 14 heavy (non-hydrogen) atoms. The quantitative estimate of drug-likeness (QED) is 0.560. The molecule has 0 N–H and O–H groups in total. The fraction of sp³-hybridized carbons (Fsp3) is 0.571. The zero-order chi connectivity index (χ0) is 11.4. The van der Waals surface area contributed by atoms with E-state index >= 15 is 0 Å². The Bertz CT molecular complexity index is 250. The molecule has 0 heteroatoms. The maximum atomic E-state index is 2.19. The lowest BCUT2D eigenvalue weighted by molar-refractivity contribution is 0.469. The third-order valence-electron chi connectivity index (χ3n) is 1.88. The van der Waals surface area contributed by atoms with Crippen LogP contribution in [0, 0.1) is 26.2 Å². The van der Waals surface area contributed by atoms with Gasteiger partial charge in [0, 0.05) is 0 Å². The third kappa shape index (κ3) is 6.71. The van der Waals surface area contributed by atoms with Crippen molar-refractivity contribution in [3.63, 3.8) is 0 Å². The Labute approximate surface area is 89.4 Å². The zero-order valence-electron chi connectivity index (χ0n) is 10.7. The monoisotopic (exact) mass is 192 g/mol. The average molecular weight is 192 g/mol. The Balaban J connectivity index is 0.000000292. The van der Waals surface area contributed by atoms with Gasteiger partial charge in [-0.2, -0.15) is 0 Å². The maximum absolute atomic E-state index is 2.19. The number of aryl methyl sites for hydroxylation is 2. The highest BCUT2D eigenvalue weighted by atomic mass is 14.0. The molecule has 0 aromatic heterocycles. The highest BCUT2D eigenvalue weighted by Gasteiger charge is 1.95. The van der Waals surface area contributed by atoms with Crippen LogP contribution >= 0.6 is 0 Å². The molecule has 0 saturated carbocycles. The summed E-state index contributed by atoms with van der Waals surface area (Å²) in [7, 11) is 0. The zero-order valence-corrected chi connectivity index (χ0v) is 10.7. The molecule has 0 bridgehead atoms. The average Bonchev–Trinajstić information content (AvgIpc) is 1.97. The Kier molecular flexibility index (Phi) is 4.90. The van der Waals surface area contributed by atoms with Crippen molar-refractivity contribution in [2.75, 3.05) is 0 Å². The highest BCUT2D eigenvalue weighted by molar-refractivity contribution is 5.31. The Hall–Kier alpha value is -0.780. The van der Waals surface area contributed by atoms with Gasteiger partial charge >= 0.3 is 0 Å². The first kappa shape index (κ1) is 13.2. The fourth-order valence-corrected chi connectivity index (χ4v) is 0.898. The molecule has 0 heterocycles. The van der Waals surface area contributed by atoms with E-state index in [0.717, 1.165) is 0 Å². The van der Waals surface area contributed by atoms with E-state index < -0.39 is 0 Å². The lowest BCUT2D eigenvalue weighted by Gasteiger charge is -2.05. The van der Waals surface area contributed by atoms with Crippen molar-refractivity contribution in [1.82, 2.24) is 0 Å². The van der Waals surface area contributed by atoms with Crippen molar-refractivity contribution in [3.8, 4) is 0 Å². The van der Waals surface area contributed by atoms with Crippen LogP contribution in [0.4, 0.5) is 0 Å². The van der Waals surface area contributed by atoms with Crippen LogP contribution in [0.2, 0.25) is 0 Å². The summed E-state index contributed by atoms with van der Waals surface area (Å²) in [5.74, 6) is 0. The molecule has 0 saturated heterocycles. The van der Waals surface area contributed by atoms with Crippen LogP contribution in [-0.2, 0) is 0 Å². The van der Waals surface area contributed by atoms with Gasteiger partial charge in [0.25, 0.3) is 0 Å². The van der Waals surface area contributed by atoms with Crippen LogP contribution in [-0.4, -0.2) is 0 Å². The molecular weight excluding hydrogens is 168 g/mol. The normalized spacial score (nSPS) is 10.5. The van der Waals surface area contributed by atoms with Crippen molar-refractivity contribution in [1.29, 1.82) is 0 Å².